The van der Waals surface area contributed by atoms with Gasteiger partial charge in [-0.25, -0.2) is 15.0 Å². The quantitative estimate of drug-likeness (QED) is 0.375. The Kier molecular flexibility index (Phi) is 5.10. The van der Waals surface area contributed by atoms with Crippen molar-refractivity contribution in [1.29, 1.82) is 0 Å². The zero-order valence-electron chi connectivity index (χ0n) is 14.5. The molecule has 0 saturated heterocycles. The van der Waals surface area contributed by atoms with E-state index in [4.69, 9.17) is 23.2 Å². The Balaban J connectivity index is 1.78. The third-order valence-electron chi connectivity index (χ3n) is 4.11. The van der Waals surface area contributed by atoms with Crippen LogP contribution in [0, 0.1) is 0 Å². The molecular weight excluding hydrogens is 395 g/mol. The summed E-state index contributed by atoms with van der Waals surface area (Å²) in [6, 6.07) is 21.7. The maximum absolute atomic E-state index is 13.1. The van der Waals surface area contributed by atoms with Crippen LogP contribution in [0.25, 0.3) is 16.6 Å². The van der Waals surface area contributed by atoms with E-state index in [9.17, 15) is 4.79 Å². The first-order valence-corrected chi connectivity index (χ1v) is 9.20. The molecule has 0 fully saturated rings. The van der Waals surface area contributed by atoms with Gasteiger partial charge in [-0.15, -0.1) is 0 Å². The van der Waals surface area contributed by atoms with Crippen LogP contribution in [-0.4, -0.2) is 15.8 Å². The molecule has 4 aromatic rings. The van der Waals surface area contributed by atoms with Crippen LogP contribution in [0.15, 0.2) is 82.7 Å². The summed E-state index contributed by atoms with van der Waals surface area (Å²) < 4.78 is 1.49. The van der Waals surface area contributed by atoms with Crippen molar-refractivity contribution in [1.82, 2.24) is 9.55 Å². The van der Waals surface area contributed by atoms with E-state index in [1.165, 1.54) is 4.57 Å². The third kappa shape index (κ3) is 3.63. The maximum atomic E-state index is 13.1. The minimum Gasteiger partial charge on any atom is -0.268 e. The van der Waals surface area contributed by atoms with Gasteiger partial charge in [0.25, 0.3) is 5.56 Å². The molecular formula is C21H14Cl2N4O. The lowest BCUT2D eigenvalue weighted by atomic mass is 10.2. The lowest BCUT2D eigenvalue weighted by Crippen LogP contribution is -2.22. The minimum atomic E-state index is -0.177. The Morgan fingerprint density at radius 2 is 1.68 bits per heavy atom. The molecule has 0 aliphatic rings. The number of para-hydroxylation sites is 2. The summed E-state index contributed by atoms with van der Waals surface area (Å²) in [6.45, 7) is 0. The number of fused-ring (bicyclic) bond motifs is 1. The summed E-state index contributed by atoms with van der Waals surface area (Å²) >= 11 is 12.0. The van der Waals surface area contributed by atoms with E-state index in [1.54, 1.807) is 36.5 Å². The first-order valence-electron chi connectivity index (χ1n) is 8.45. The van der Waals surface area contributed by atoms with Crippen molar-refractivity contribution in [3.8, 4) is 5.69 Å². The van der Waals surface area contributed by atoms with Crippen LogP contribution in [0.5, 0.6) is 0 Å². The zero-order chi connectivity index (χ0) is 19.5. The van der Waals surface area contributed by atoms with Gasteiger partial charge < -0.3 is 0 Å². The van der Waals surface area contributed by atoms with Gasteiger partial charge in [-0.3, -0.25) is 4.79 Å². The number of hydrogen-bond donors (Lipinski definition) is 1. The third-order valence-corrected chi connectivity index (χ3v) is 4.85. The van der Waals surface area contributed by atoms with Crippen LogP contribution in [0.3, 0.4) is 0 Å². The highest BCUT2D eigenvalue weighted by Gasteiger charge is 2.12. The standard InChI is InChI=1S/C21H14Cl2N4O/c22-17-11-10-14(12-18(17)23)13-24-26-21-25-19-9-5-4-8-16(19)20(28)27(21)15-6-2-1-3-7-15/h1-13H,(H,25,26)/b24-13+. The molecule has 7 heteroatoms. The topological polar surface area (TPSA) is 59.3 Å². The fraction of sp³-hybridized carbons (Fsp3) is 0. The maximum Gasteiger partial charge on any atom is 0.267 e. The molecule has 0 atom stereocenters. The molecule has 3 aromatic carbocycles. The van der Waals surface area contributed by atoms with E-state index in [1.807, 2.05) is 42.5 Å². The molecule has 5 nitrogen and oxygen atoms in total. The number of halogens is 2. The van der Waals surface area contributed by atoms with E-state index in [2.05, 4.69) is 15.5 Å². The minimum absolute atomic E-state index is 0.177. The molecule has 4 rings (SSSR count). The number of nitrogens with zero attached hydrogens (tertiary/aromatic N) is 3. The van der Waals surface area contributed by atoms with E-state index in [0.717, 1.165) is 5.56 Å². The second-order valence-electron chi connectivity index (χ2n) is 5.97. The Morgan fingerprint density at radius 3 is 2.46 bits per heavy atom. The van der Waals surface area contributed by atoms with Crippen LogP contribution in [-0.2, 0) is 0 Å². The highest BCUT2D eigenvalue weighted by Crippen LogP contribution is 2.22. The van der Waals surface area contributed by atoms with Gasteiger partial charge in [-0.05, 0) is 42.0 Å². The van der Waals surface area contributed by atoms with Crippen molar-refractivity contribution in [3.63, 3.8) is 0 Å². The normalized spacial score (nSPS) is 11.2. The molecule has 1 aromatic heterocycles. The Hall–Kier alpha value is -3.15. The van der Waals surface area contributed by atoms with E-state index >= 15 is 0 Å². The monoisotopic (exact) mass is 408 g/mol. The summed E-state index contributed by atoms with van der Waals surface area (Å²) in [5.74, 6) is 0.311. The van der Waals surface area contributed by atoms with Crippen molar-refractivity contribution in [2.24, 2.45) is 5.10 Å². The molecule has 0 bridgehead atoms. The van der Waals surface area contributed by atoms with Gasteiger partial charge in [0.1, 0.15) is 0 Å². The number of anilines is 1. The molecule has 0 radical (unpaired) electrons. The van der Waals surface area contributed by atoms with Crippen LogP contribution in [0.1, 0.15) is 5.56 Å². The van der Waals surface area contributed by atoms with Gasteiger partial charge in [0.2, 0.25) is 5.95 Å². The fourth-order valence-electron chi connectivity index (χ4n) is 2.78. The number of nitrogens with one attached hydrogen (secondary N) is 1. The summed E-state index contributed by atoms with van der Waals surface area (Å²) in [5.41, 5.74) is 4.74. The summed E-state index contributed by atoms with van der Waals surface area (Å²) in [7, 11) is 0. The van der Waals surface area contributed by atoms with Crippen molar-refractivity contribution in [3.05, 3.63) is 98.8 Å². The highest BCUT2D eigenvalue weighted by atomic mass is 35.5. The average Bonchev–Trinajstić information content (AvgIpc) is 2.71. The predicted octanol–water partition coefficient (Wildman–Crippen LogP) is 5.14. The molecule has 0 aliphatic carbocycles. The second-order valence-corrected chi connectivity index (χ2v) is 6.79. The average molecular weight is 409 g/mol. The summed E-state index contributed by atoms with van der Waals surface area (Å²) in [4.78, 5) is 17.6. The fourth-order valence-corrected chi connectivity index (χ4v) is 3.09. The Morgan fingerprint density at radius 1 is 0.929 bits per heavy atom. The first-order chi connectivity index (χ1) is 13.6. The van der Waals surface area contributed by atoms with Gasteiger partial charge >= 0.3 is 0 Å². The lowest BCUT2D eigenvalue weighted by Gasteiger charge is -2.12. The molecule has 0 aliphatic heterocycles. The van der Waals surface area contributed by atoms with Gasteiger partial charge in [0.15, 0.2) is 0 Å². The predicted molar refractivity (Wildman–Crippen MR) is 115 cm³/mol. The summed E-state index contributed by atoms with van der Waals surface area (Å²) in [6.07, 6.45) is 1.58. The van der Waals surface area contributed by atoms with E-state index in [0.29, 0.717) is 32.6 Å². The van der Waals surface area contributed by atoms with Gasteiger partial charge in [0, 0.05) is 0 Å². The summed E-state index contributed by atoms with van der Waals surface area (Å²) in [5, 5.41) is 5.66. The number of hydrogen-bond acceptors (Lipinski definition) is 4. The molecule has 1 N–H and O–H groups in total. The van der Waals surface area contributed by atoms with Gasteiger partial charge in [0.05, 0.1) is 32.9 Å². The van der Waals surface area contributed by atoms with Crippen molar-refractivity contribution in [2.75, 3.05) is 5.43 Å². The van der Waals surface area contributed by atoms with Crippen molar-refractivity contribution < 1.29 is 0 Å². The zero-order valence-corrected chi connectivity index (χ0v) is 16.0. The smallest absolute Gasteiger partial charge is 0.267 e. The molecule has 0 spiro atoms. The molecule has 0 amide bonds. The van der Waals surface area contributed by atoms with Crippen LogP contribution < -0.4 is 11.0 Å². The number of hydrazone groups is 1. The van der Waals surface area contributed by atoms with E-state index in [-0.39, 0.29) is 5.56 Å². The van der Waals surface area contributed by atoms with Gasteiger partial charge in [-0.1, -0.05) is 59.6 Å². The number of benzene rings is 3. The van der Waals surface area contributed by atoms with Gasteiger partial charge in [-0.2, -0.15) is 5.10 Å². The molecule has 138 valence electrons. The second kappa shape index (κ2) is 7.84. The van der Waals surface area contributed by atoms with Crippen LogP contribution >= 0.6 is 23.2 Å². The number of rotatable bonds is 4. The first kappa shape index (κ1) is 18.2. The van der Waals surface area contributed by atoms with Crippen molar-refractivity contribution in [2.45, 2.75) is 0 Å². The molecule has 0 unspecified atom stereocenters. The SMILES string of the molecule is O=c1c2ccccc2nc(N/N=C/c2ccc(Cl)c(Cl)c2)n1-c1ccccc1. The van der Waals surface area contributed by atoms with Crippen LogP contribution in [0.2, 0.25) is 10.0 Å². The van der Waals surface area contributed by atoms with E-state index < -0.39 is 0 Å². The lowest BCUT2D eigenvalue weighted by molar-refractivity contribution is 0.956. The Labute approximate surface area is 170 Å². The molecule has 0 saturated carbocycles. The molecule has 28 heavy (non-hydrogen) atoms. The van der Waals surface area contributed by atoms with Crippen LogP contribution in [0.4, 0.5) is 5.95 Å². The molecule has 1 heterocycles. The van der Waals surface area contributed by atoms with Crippen molar-refractivity contribution >= 4 is 46.3 Å². The largest absolute Gasteiger partial charge is 0.268 e. The highest BCUT2D eigenvalue weighted by molar-refractivity contribution is 6.42. The Bertz CT molecular complexity index is 1240. The number of aromatic nitrogens is 2.